The van der Waals surface area contributed by atoms with Crippen LogP contribution in [0.4, 0.5) is 0 Å². The van der Waals surface area contributed by atoms with Gasteiger partial charge in [-0.2, -0.15) is 5.26 Å². The first-order chi connectivity index (χ1) is 12.7. The molecule has 0 N–H and O–H groups in total. The van der Waals surface area contributed by atoms with Crippen LogP contribution in [-0.4, -0.2) is 26.0 Å². The molecule has 0 saturated carbocycles. The highest BCUT2D eigenvalue weighted by Gasteiger charge is 2.20. The number of rotatable bonds is 3. The molecule has 1 aliphatic heterocycles. The summed E-state index contributed by atoms with van der Waals surface area (Å²) in [6.07, 6.45) is 2.89. The van der Waals surface area contributed by atoms with E-state index < -0.39 is 0 Å². The molecule has 1 aromatic carbocycles. The molecule has 3 aromatic rings. The number of fused-ring (bicyclic) bond motifs is 1. The largest absolute Gasteiger partial charge is 0.340 e. The van der Waals surface area contributed by atoms with Crippen LogP contribution in [0.5, 0.6) is 0 Å². The fraction of sp³-hybridized carbons (Fsp3) is 0.286. The summed E-state index contributed by atoms with van der Waals surface area (Å²) in [5, 5.41) is 9.21. The highest BCUT2D eigenvalue weighted by molar-refractivity contribution is 5.54. The van der Waals surface area contributed by atoms with E-state index in [0.29, 0.717) is 5.69 Å². The Balaban J connectivity index is 1.53. The summed E-state index contributed by atoms with van der Waals surface area (Å²) in [5.74, 6) is 0.801. The highest BCUT2D eigenvalue weighted by atomic mass is 15.1. The Labute approximate surface area is 153 Å². The van der Waals surface area contributed by atoms with E-state index in [1.54, 1.807) is 0 Å². The number of nitrogens with zero attached hydrogens (tertiary/aromatic N) is 5. The number of nitriles is 1. The van der Waals surface area contributed by atoms with Gasteiger partial charge in [0.05, 0.1) is 5.69 Å². The molecule has 0 radical (unpaired) electrons. The van der Waals surface area contributed by atoms with E-state index in [2.05, 4.69) is 22.9 Å². The molecule has 26 heavy (non-hydrogen) atoms. The Morgan fingerprint density at radius 3 is 2.77 bits per heavy atom. The fourth-order valence-corrected chi connectivity index (χ4v) is 3.51. The zero-order chi connectivity index (χ0) is 18.1. The molecule has 2 aromatic heterocycles. The van der Waals surface area contributed by atoms with Crippen molar-refractivity contribution in [3.05, 3.63) is 70.8 Å². The lowest BCUT2D eigenvalue weighted by Gasteiger charge is -2.28. The summed E-state index contributed by atoms with van der Waals surface area (Å²) in [6.45, 7) is 4.74. The molecule has 0 amide bonds. The van der Waals surface area contributed by atoms with Crippen molar-refractivity contribution >= 4 is 0 Å². The molecule has 1 aliphatic rings. The van der Waals surface area contributed by atoms with Gasteiger partial charge in [0.2, 0.25) is 0 Å². The molecular formula is C21H21N5. The van der Waals surface area contributed by atoms with Gasteiger partial charge in [-0.25, -0.2) is 9.97 Å². The van der Waals surface area contributed by atoms with Crippen LogP contribution in [0.3, 0.4) is 0 Å². The van der Waals surface area contributed by atoms with Gasteiger partial charge >= 0.3 is 0 Å². The minimum absolute atomic E-state index is 0.714. The smallest absolute Gasteiger partial charge is 0.159 e. The van der Waals surface area contributed by atoms with Gasteiger partial charge in [0, 0.05) is 56.1 Å². The normalized spacial score (nSPS) is 14.0. The third-order valence-corrected chi connectivity index (χ3v) is 5.19. The van der Waals surface area contributed by atoms with Gasteiger partial charge in [-0.05, 0) is 18.6 Å². The molecule has 0 bridgehead atoms. The number of benzene rings is 1. The van der Waals surface area contributed by atoms with Gasteiger partial charge in [0.25, 0.3) is 0 Å². The van der Waals surface area contributed by atoms with Crippen molar-refractivity contribution in [3.63, 3.8) is 0 Å². The molecule has 5 nitrogen and oxygen atoms in total. The predicted molar refractivity (Wildman–Crippen MR) is 100 cm³/mol. The third-order valence-electron chi connectivity index (χ3n) is 5.19. The Bertz CT molecular complexity index is 982. The highest BCUT2D eigenvalue weighted by Crippen LogP contribution is 2.23. The molecule has 0 atom stereocenters. The second-order valence-electron chi connectivity index (χ2n) is 6.80. The van der Waals surface area contributed by atoms with E-state index in [1.807, 2.05) is 54.2 Å². The molecule has 0 unspecified atom stereocenters. The summed E-state index contributed by atoms with van der Waals surface area (Å²) >= 11 is 0. The van der Waals surface area contributed by atoms with E-state index in [0.717, 1.165) is 48.8 Å². The van der Waals surface area contributed by atoms with E-state index in [4.69, 9.17) is 4.98 Å². The minimum atomic E-state index is 0.714. The van der Waals surface area contributed by atoms with E-state index in [1.165, 1.54) is 11.1 Å². The van der Waals surface area contributed by atoms with Gasteiger partial charge in [0.1, 0.15) is 11.8 Å². The molecular weight excluding hydrogens is 322 g/mol. The lowest BCUT2D eigenvalue weighted by molar-refractivity contribution is 0.242. The lowest BCUT2D eigenvalue weighted by Crippen LogP contribution is -2.31. The van der Waals surface area contributed by atoms with Crippen LogP contribution in [0.25, 0.3) is 11.4 Å². The SMILES string of the molecule is Cc1c(CN2CCc3nc(-c4ccccc4)ncc3C2)cc(C#N)n1C. The summed E-state index contributed by atoms with van der Waals surface area (Å²) in [7, 11) is 1.95. The molecule has 3 heterocycles. The maximum atomic E-state index is 9.21. The van der Waals surface area contributed by atoms with Gasteiger partial charge in [-0.3, -0.25) is 4.90 Å². The predicted octanol–water partition coefficient (Wildman–Crippen LogP) is 3.22. The van der Waals surface area contributed by atoms with Gasteiger partial charge in [-0.15, -0.1) is 0 Å². The molecule has 130 valence electrons. The standard InChI is InChI=1S/C21H21N5/c1-15-17(10-19(11-22)25(15)2)13-26-9-8-20-18(14-26)12-23-21(24-20)16-6-4-3-5-7-16/h3-7,10,12H,8-9,13-14H2,1-2H3. The molecule has 0 saturated heterocycles. The van der Waals surface area contributed by atoms with Crippen LogP contribution in [0.15, 0.2) is 42.6 Å². The van der Waals surface area contributed by atoms with Gasteiger partial charge < -0.3 is 4.57 Å². The van der Waals surface area contributed by atoms with Crippen molar-refractivity contribution < 1.29 is 0 Å². The van der Waals surface area contributed by atoms with Crippen molar-refractivity contribution in [3.8, 4) is 17.5 Å². The van der Waals surface area contributed by atoms with Crippen molar-refractivity contribution in [1.29, 1.82) is 5.26 Å². The summed E-state index contributed by atoms with van der Waals surface area (Å²) in [4.78, 5) is 11.8. The Kier molecular flexibility index (Phi) is 4.27. The molecule has 0 spiro atoms. The Hall–Kier alpha value is -2.97. The lowest BCUT2D eigenvalue weighted by atomic mass is 10.1. The summed E-state index contributed by atoms with van der Waals surface area (Å²) in [6, 6.07) is 14.4. The van der Waals surface area contributed by atoms with Crippen molar-refractivity contribution in [2.24, 2.45) is 7.05 Å². The van der Waals surface area contributed by atoms with Crippen LogP contribution >= 0.6 is 0 Å². The fourth-order valence-electron chi connectivity index (χ4n) is 3.51. The Morgan fingerprint density at radius 2 is 2.04 bits per heavy atom. The van der Waals surface area contributed by atoms with Crippen LogP contribution in [0.2, 0.25) is 0 Å². The molecule has 4 rings (SSSR count). The van der Waals surface area contributed by atoms with Gasteiger partial charge in [0.15, 0.2) is 5.82 Å². The van der Waals surface area contributed by atoms with Crippen LogP contribution in [0.1, 0.15) is 28.2 Å². The average Bonchev–Trinajstić information content (AvgIpc) is 2.96. The van der Waals surface area contributed by atoms with Crippen LogP contribution in [0, 0.1) is 18.3 Å². The van der Waals surface area contributed by atoms with Crippen molar-refractivity contribution in [1.82, 2.24) is 19.4 Å². The first-order valence-electron chi connectivity index (χ1n) is 8.83. The first-order valence-corrected chi connectivity index (χ1v) is 8.83. The zero-order valence-corrected chi connectivity index (χ0v) is 15.1. The maximum Gasteiger partial charge on any atom is 0.159 e. The topological polar surface area (TPSA) is 57.7 Å². The molecule has 0 aliphatic carbocycles. The van der Waals surface area contributed by atoms with Crippen molar-refractivity contribution in [2.75, 3.05) is 6.54 Å². The summed E-state index contributed by atoms with van der Waals surface area (Å²) in [5.41, 5.74) is 6.49. The van der Waals surface area contributed by atoms with Crippen molar-refractivity contribution in [2.45, 2.75) is 26.4 Å². The van der Waals surface area contributed by atoms with E-state index in [-0.39, 0.29) is 0 Å². The number of hydrogen-bond acceptors (Lipinski definition) is 4. The second-order valence-corrected chi connectivity index (χ2v) is 6.80. The second kappa shape index (κ2) is 6.74. The minimum Gasteiger partial charge on any atom is -0.340 e. The zero-order valence-electron chi connectivity index (χ0n) is 15.1. The molecule has 0 fully saturated rings. The van der Waals surface area contributed by atoms with E-state index in [9.17, 15) is 5.26 Å². The van der Waals surface area contributed by atoms with Crippen LogP contribution in [-0.2, 0) is 26.6 Å². The van der Waals surface area contributed by atoms with Gasteiger partial charge in [-0.1, -0.05) is 30.3 Å². The third kappa shape index (κ3) is 3.00. The molecule has 5 heteroatoms. The quantitative estimate of drug-likeness (QED) is 0.733. The number of aromatic nitrogens is 3. The van der Waals surface area contributed by atoms with E-state index >= 15 is 0 Å². The monoisotopic (exact) mass is 343 g/mol. The summed E-state index contributed by atoms with van der Waals surface area (Å²) < 4.78 is 1.96. The van der Waals surface area contributed by atoms with Crippen LogP contribution < -0.4 is 0 Å². The first kappa shape index (κ1) is 16.5. The number of hydrogen-bond donors (Lipinski definition) is 0. The average molecular weight is 343 g/mol. The maximum absolute atomic E-state index is 9.21. The Morgan fingerprint density at radius 1 is 1.23 bits per heavy atom.